The van der Waals surface area contributed by atoms with Crippen LogP contribution in [-0.2, 0) is 7.05 Å². The summed E-state index contributed by atoms with van der Waals surface area (Å²) in [7, 11) is 1.91. The Hall–Kier alpha value is -1.28. The van der Waals surface area contributed by atoms with Crippen molar-refractivity contribution in [3.63, 3.8) is 0 Å². The second-order valence-corrected chi connectivity index (χ2v) is 3.77. The maximum atomic E-state index is 5.88. The highest BCUT2D eigenvalue weighted by molar-refractivity contribution is 6.30. The van der Waals surface area contributed by atoms with Gasteiger partial charge in [0.15, 0.2) is 0 Å². The third-order valence-electron chi connectivity index (χ3n) is 2.18. The number of aromatic nitrogens is 2. The van der Waals surface area contributed by atoms with Gasteiger partial charge in [0.2, 0.25) is 0 Å². The lowest BCUT2D eigenvalue weighted by Crippen LogP contribution is -1.89. The monoisotopic (exact) mass is 206 g/mol. The van der Waals surface area contributed by atoms with Crippen molar-refractivity contribution in [1.82, 2.24) is 9.78 Å². The Bertz CT molecular complexity index is 460. The number of rotatable bonds is 1. The van der Waals surface area contributed by atoms with Crippen molar-refractivity contribution >= 4 is 11.6 Å². The molecule has 1 heterocycles. The highest BCUT2D eigenvalue weighted by Crippen LogP contribution is 2.23. The minimum atomic E-state index is 0.766. The van der Waals surface area contributed by atoms with Gasteiger partial charge in [-0.05, 0) is 30.7 Å². The summed E-state index contributed by atoms with van der Waals surface area (Å²) in [6, 6.07) is 7.83. The molecule has 0 aliphatic rings. The Morgan fingerprint density at radius 1 is 1.29 bits per heavy atom. The molecule has 0 N–H and O–H groups in total. The second kappa shape index (κ2) is 3.46. The van der Waals surface area contributed by atoms with Gasteiger partial charge in [-0.2, -0.15) is 5.10 Å². The van der Waals surface area contributed by atoms with E-state index in [0.29, 0.717) is 0 Å². The van der Waals surface area contributed by atoms with Crippen molar-refractivity contribution in [2.24, 2.45) is 7.05 Å². The zero-order chi connectivity index (χ0) is 10.1. The van der Waals surface area contributed by atoms with E-state index in [1.54, 1.807) is 4.68 Å². The van der Waals surface area contributed by atoms with Gasteiger partial charge in [0.1, 0.15) is 0 Å². The molecule has 2 rings (SSSR count). The van der Waals surface area contributed by atoms with Gasteiger partial charge >= 0.3 is 0 Å². The van der Waals surface area contributed by atoms with Crippen LogP contribution in [0.25, 0.3) is 11.3 Å². The molecule has 0 fully saturated rings. The van der Waals surface area contributed by atoms with E-state index in [2.05, 4.69) is 5.10 Å². The molecule has 1 aromatic carbocycles. The first-order valence-corrected chi connectivity index (χ1v) is 4.81. The summed E-state index contributed by atoms with van der Waals surface area (Å²) in [5, 5.41) is 5.11. The molecule has 1 aromatic heterocycles. The van der Waals surface area contributed by atoms with Gasteiger partial charge in [-0.1, -0.05) is 17.7 Å². The van der Waals surface area contributed by atoms with E-state index in [4.69, 9.17) is 11.6 Å². The van der Waals surface area contributed by atoms with Gasteiger partial charge in [-0.3, -0.25) is 4.68 Å². The molecule has 0 saturated carbocycles. The molecule has 0 bridgehead atoms. The quantitative estimate of drug-likeness (QED) is 0.701. The average Bonchev–Trinajstić information content (AvgIpc) is 2.51. The standard InChI is InChI=1S/C11H11ClN2/c1-8-7-9(12)3-4-10(8)11-5-6-14(2)13-11/h3-7H,1-2H3. The average molecular weight is 207 g/mol. The Kier molecular flexibility index (Phi) is 2.30. The Morgan fingerprint density at radius 2 is 2.07 bits per heavy atom. The lowest BCUT2D eigenvalue weighted by molar-refractivity contribution is 0.771. The van der Waals surface area contributed by atoms with Crippen LogP contribution in [0.2, 0.25) is 5.02 Å². The normalized spacial score (nSPS) is 10.5. The van der Waals surface area contributed by atoms with E-state index in [9.17, 15) is 0 Å². The van der Waals surface area contributed by atoms with Gasteiger partial charge < -0.3 is 0 Å². The minimum absolute atomic E-state index is 0.766. The zero-order valence-corrected chi connectivity index (χ0v) is 8.92. The Morgan fingerprint density at radius 3 is 2.64 bits per heavy atom. The van der Waals surface area contributed by atoms with Crippen LogP contribution in [0, 0.1) is 6.92 Å². The summed E-state index contributed by atoms with van der Waals surface area (Å²) >= 11 is 5.88. The van der Waals surface area contributed by atoms with Gasteiger partial charge in [0.25, 0.3) is 0 Å². The predicted octanol–water partition coefficient (Wildman–Crippen LogP) is 3.05. The van der Waals surface area contributed by atoms with E-state index in [1.165, 1.54) is 0 Å². The third-order valence-corrected chi connectivity index (χ3v) is 2.41. The maximum absolute atomic E-state index is 5.88. The summed E-state index contributed by atoms with van der Waals surface area (Å²) in [6.45, 7) is 2.04. The number of benzene rings is 1. The van der Waals surface area contributed by atoms with Crippen molar-refractivity contribution < 1.29 is 0 Å². The van der Waals surface area contributed by atoms with Crippen LogP contribution in [0.15, 0.2) is 30.5 Å². The molecule has 0 atom stereocenters. The number of hydrogen-bond donors (Lipinski definition) is 0. The van der Waals surface area contributed by atoms with Crippen LogP contribution in [0.5, 0.6) is 0 Å². The highest BCUT2D eigenvalue weighted by Gasteiger charge is 2.04. The predicted molar refractivity (Wildman–Crippen MR) is 58.4 cm³/mol. The van der Waals surface area contributed by atoms with Gasteiger partial charge in [-0.25, -0.2) is 0 Å². The number of hydrogen-bond acceptors (Lipinski definition) is 1. The third kappa shape index (κ3) is 1.66. The molecule has 0 aliphatic carbocycles. The summed E-state index contributed by atoms with van der Waals surface area (Å²) in [5.74, 6) is 0. The first-order chi connectivity index (χ1) is 6.66. The van der Waals surface area contributed by atoms with Crippen LogP contribution in [0.1, 0.15) is 5.56 Å². The summed E-state index contributed by atoms with van der Waals surface area (Å²) in [6.07, 6.45) is 1.93. The van der Waals surface area contributed by atoms with Crippen LogP contribution < -0.4 is 0 Å². The minimum Gasteiger partial charge on any atom is -0.275 e. The fourth-order valence-corrected chi connectivity index (χ4v) is 1.70. The highest BCUT2D eigenvalue weighted by atomic mass is 35.5. The Balaban J connectivity index is 2.52. The number of halogens is 1. The molecule has 0 saturated heterocycles. The molecule has 0 amide bonds. The van der Waals surface area contributed by atoms with Crippen molar-refractivity contribution in [3.05, 3.63) is 41.0 Å². The molecule has 72 valence electrons. The zero-order valence-electron chi connectivity index (χ0n) is 8.16. The lowest BCUT2D eigenvalue weighted by Gasteiger charge is -2.02. The van der Waals surface area contributed by atoms with Crippen LogP contribution in [0.4, 0.5) is 0 Å². The van der Waals surface area contributed by atoms with Crippen LogP contribution in [-0.4, -0.2) is 9.78 Å². The molecule has 2 nitrogen and oxygen atoms in total. The van der Waals surface area contributed by atoms with E-state index in [-0.39, 0.29) is 0 Å². The van der Waals surface area contributed by atoms with Crippen LogP contribution in [0.3, 0.4) is 0 Å². The summed E-state index contributed by atoms with van der Waals surface area (Å²) < 4.78 is 1.80. The molecule has 2 aromatic rings. The van der Waals surface area contributed by atoms with Crippen molar-refractivity contribution in [1.29, 1.82) is 0 Å². The second-order valence-electron chi connectivity index (χ2n) is 3.33. The number of aryl methyl sites for hydroxylation is 2. The largest absolute Gasteiger partial charge is 0.275 e. The molecule has 0 spiro atoms. The molecule has 14 heavy (non-hydrogen) atoms. The molecule has 0 aliphatic heterocycles. The van der Waals surface area contributed by atoms with E-state index >= 15 is 0 Å². The lowest BCUT2D eigenvalue weighted by atomic mass is 10.1. The van der Waals surface area contributed by atoms with Crippen LogP contribution >= 0.6 is 11.6 Å². The fraction of sp³-hybridized carbons (Fsp3) is 0.182. The summed E-state index contributed by atoms with van der Waals surface area (Å²) in [5.41, 5.74) is 3.27. The molecule has 0 unspecified atom stereocenters. The molecule has 3 heteroatoms. The smallest absolute Gasteiger partial charge is 0.0925 e. The fourth-order valence-electron chi connectivity index (χ4n) is 1.47. The SMILES string of the molecule is Cc1cc(Cl)ccc1-c1ccn(C)n1. The van der Waals surface area contributed by atoms with Crippen molar-refractivity contribution in [2.45, 2.75) is 6.92 Å². The Labute approximate surface area is 88.1 Å². The molecule has 0 radical (unpaired) electrons. The van der Waals surface area contributed by atoms with Gasteiger partial charge in [-0.15, -0.1) is 0 Å². The van der Waals surface area contributed by atoms with E-state index in [1.807, 2.05) is 44.4 Å². The van der Waals surface area contributed by atoms with E-state index < -0.39 is 0 Å². The van der Waals surface area contributed by atoms with Crippen molar-refractivity contribution in [3.8, 4) is 11.3 Å². The van der Waals surface area contributed by atoms with Crippen molar-refractivity contribution in [2.75, 3.05) is 0 Å². The topological polar surface area (TPSA) is 17.8 Å². The van der Waals surface area contributed by atoms with Gasteiger partial charge in [0.05, 0.1) is 5.69 Å². The van der Waals surface area contributed by atoms with Gasteiger partial charge in [0, 0.05) is 23.8 Å². The number of nitrogens with zero attached hydrogens (tertiary/aromatic N) is 2. The van der Waals surface area contributed by atoms with E-state index in [0.717, 1.165) is 21.8 Å². The first-order valence-electron chi connectivity index (χ1n) is 4.43. The first kappa shape index (κ1) is 9.28. The maximum Gasteiger partial charge on any atom is 0.0925 e. The molecular formula is C11H11ClN2. The summed E-state index contributed by atoms with van der Waals surface area (Å²) in [4.78, 5) is 0. The molecular weight excluding hydrogens is 196 g/mol.